The zero-order valence-electron chi connectivity index (χ0n) is 19.4. The molecule has 3 N–H and O–H groups in total. The molecule has 3 heterocycles. The van der Waals surface area contributed by atoms with Crippen LogP contribution in [-0.4, -0.2) is 41.2 Å². The molecule has 5 aromatic rings. The highest BCUT2D eigenvalue weighted by atomic mass is 35.5. The number of aromatic nitrogens is 4. The fourth-order valence-corrected chi connectivity index (χ4v) is 6.34. The molecule has 0 aliphatic rings. The fourth-order valence-electron chi connectivity index (χ4n) is 3.85. The molecule has 0 bridgehead atoms. The van der Waals surface area contributed by atoms with E-state index in [0.717, 1.165) is 22.5 Å². The van der Waals surface area contributed by atoms with Gasteiger partial charge in [0.2, 0.25) is 0 Å². The largest absolute Gasteiger partial charge is 0.496 e. The van der Waals surface area contributed by atoms with Gasteiger partial charge in [0.15, 0.2) is 11.6 Å². The number of anilines is 1. The lowest BCUT2D eigenvalue weighted by atomic mass is 10.1. The number of fused-ring (bicyclic) bond motifs is 1. The molecule has 0 atom stereocenters. The Bertz CT molecular complexity index is 1680. The first-order valence-electron chi connectivity index (χ1n) is 11.0. The van der Waals surface area contributed by atoms with Gasteiger partial charge in [-0.3, -0.25) is 14.2 Å². The first kappa shape index (κ1) is 24.8. The number of rotatable bonds is 9. The number of sulfonamides is 1. The highest BCUT2D eigenvalue weighted by Gasteiger charge is 2.23. The lowest BCUT2D eigenvalue weighted by Gasteiger charge is -2.08. The van der Waals surface area contributed by atoms with Gasteiger partial charge in [-0.1, -0.05) is 41.9 Å². The summed E-state index contributed by atoms with van der Waals surface area (Å²) in [6.45, 7) is 0.672. The van der Waals surface area contributed by atoms with E-state index in [1.54, 1.807) is 16.9 Å². The number of hydrogen-bond acceptors (Lipinski definition) is 7. The van der Waals surface area contributed by atoms with Crippen LogP contribution in [0.4, 0.5) is 5.82 Å². The molecule has 5 rings (SSSR count). The lowest BCUT2D eigenvalue weighted by molar-refractivity contribution is 0.0941. The first-order chi connectivity index (χ1) is 17.8. The van der Waals surface area contributed by atoms with Crippen molar-refractivity contribution in [3.05, 3.63) is 88.3 Å². The molecule has 2 aromatic carbocycles. The Hall–Kier alpha value is -3.87. The van der Waals surface area contributed by atoms with Crippen LogP contribution in [0.3, 0.4) is 0 Å². The molecular weight excluding hydrogens is 536 g/mol. The molecule has 190 valence electrons. The number of amides is 1. The van der Waals surface area contributed by atoms with E-state index in [1.807, 2.05) is 36.4 Å². The minimum atomic E-state index is -3.90. The smallest absolute Gasteiger partial charge is 0.287 e. The summed E-state index contributed by atoms with van der Waals surface area (Å²) in [6.07, 6.45) is 3.10. The summed E-state index contributed by atoms with van der Waals surface area (Å²) < 4.78 is 36.2. The molecule has 37 heavy (non-hydrogen) atoms. The zero-order valence-corrected chi connectivity index (χ0v) is 21.8. The normalized spacial score (nSPS) is 11.5. The summed E-state index contributed by atoms with van der Waals surface area (Å²) in [7, 11) is -2.39. The van der Waals surface area contributed by atoms with Crippen molar-refractivity contribution in [2.24, 2.45) is 0 Å². The Morgan fingerprint density at radius 2 is 1.97 bits per heavy atom. The van der Waals surface area contributed by atoms with Crippen LogP contribution < -0.4 is 14.8 Å². The predicted molar refractivity (Wildman–Crippen MR) is 142 cm³/mol. The monoisotopic (exact) mass is 556 g/mol. The highest BCUT2D eigenvalue weighted by molar-refractivity contribution is 7.94. The molecule has 3 aromatic heterocycles. The maximum atomic E-state index is 13.0. The fraction of sp³-hybridized carbons (Fsp3) is 0.125. The number of imidazole rings is 1. The average Bonchev–Trinajstić information content (AvgIpc) is 3.64. The van der Waals surface area contributed by atoms with Crippen molar-refractivity contribution in [1.29, 1.82) is 0 Å². The van der Waals surface area contributed by atoms with E-state index in [0.29, 0.717) is 34.1 Å². The third-order valence-electron chi connectivity index (χ3n) is 5.49. The summed E-state index contributed by atoms with van der Waals surface area (Å²) in [6, 6.07) is 16.1. The number of ether oxygens (including phenoxy) is 1. The third kappa shape index (κ3) is 5.31. The standard InChI is InChI=1S/C24H21ClN6O4S2/c1-35-18-7-3-6-17-21(18)22(30-37(33,34)20-9-8-19(25)36-20)29-31(17)14-16-5-2-4-15(12-16)13-28-24(32)23-26-10-11-27-23/h2-12H,13-14H2,1H3,(H,26,27)(H,28,32)(H,29,30). The van der Waals surface area contributed by atoms with Crippen LogP contribution in [0.1, 0.15) is 21.7 Å². The molecule has 0 radical (unpaired) electrons. The Kier molecular flexibility index (Phi) is 6.87. The van der Waals surface area contributed by atoms with E-state index in [2.05, 4.69) is 25.1 Å². The maximum Gasteiger partial charge on any atom is 0.287 e. The van der Waals surface area contributed by atoms with Crippen molar-refractivity contribution < 1.29 is 17.9 Å². The molecular formula is C24H21ClN6O4S2. The average molecular weight is 557 g/mol. The molecule has 0 spiro atoms. The molecule has 0 saturated carbocycles. The third-order valence-corrected chi connectivity index (χ3v) is 8.56. The number of nitrogens with one attached hydrogen (secondary N) is 3. The Morgan fingerprint density at radius 1 is 1.16 bits per heavy atom. The van der Waals surface area contributed by atoms with E-state index in [9.17, 15) is 13.2 Å². The quantitative estimate of drug-likeness (QED) is 0.248. The van der Waals surface area contributed by atoms with E-state index < -0.39 is 10.0 Å². The second-order valence-corrected chi connectivity index (χ2v) is 11.6. The van der Waals surface area contributed by atoms with E-state index in [-0.39, 0.29) is 21.8 Å². The minimum absolute atomic E-state index is 0.0828. The van der Waals surface area contributed by atoms with Crippen molar-refractivity contribution >= 4 is 55.6 Å². The molecule has 0 unspecified atom stereocenters. The molecule has 10 nitrogen and oxygen atoms in total. The number of methoxy groups -OCH3 is 1. The second-order valence-electron chi connectivity index (χ2n) is 7.97. The van der Waals surface area contributed by atoms with Crippen LogP contribution in [0.15, 0.2) is 71.2 Å². The van der Waals surface area contributed by atoms with Crippen molar-refractivity contribution in [3.8, 4) is 5.75 Å². The molecule has 0 saturated heterocycles. The summed E-state index contributed by atoms with van der Waals surface area (Å²) >= 11 is 6.90. The summed E-state index contributed by atoms with van der Waals surface area (Å²) in [5, 5.41) is 7.95. The van der Waals surface area contributed by atoms with Crippen LogP contribution in [0, 0.1) is 0 Å². The number of benzene rings is 2. The number of hydrogen-bond donors (Lipinski definition) is 3. The van der Waals surface area contributed by atoms with Gasteiger partial charge in [0.05, 0.1) is 28.9 Å². The van der Waals surface area contributed by atoms with Crippen molar-refractivity contribution in [1.82, 2.24) is 25.1 Å². The topological polar surface area (TPSA) is 131 Å². The van der Waals surface area contributed by atoms with Gasteiger partial charge in [-0.25, -0.2) is 13.4 Å². The van der Waals surface area contributed by atoms with Gasteiger partial charge >= 0.3 is 0 Å². The highest BCUT2D eigenvalue weighted by Crippen LogP contribution is 2.35. The predicted octanol–water partition coefficient (Wildman–Crippen LogP) is 4.26. The van der Waals surface area contributed by atoms with Gasteiger partial charge < -0.3 is 15.0 Å². The van der Waals surface area contributed by atoms with Gasteiger partial charge in [0.25, 0.3) is 15.9 Å². The number of aromatic amines is 1. The SMILES string of the molecule is COc1cccc2c1c(NS(=O)(=O)c1ccc(Cl)s1)nn2Cc1cccc(CNC(=O)c2ncc[nH]2)c1. The number of halogens is 1. The second kappa shape index (κ2) is 10.2. The minimum Gasteiger partial charge on any atom is -0.496 e. The van der Waals surface area contributed by atoms with Crippen LogP contribution in [-0.2, 0) is 23.1 Å². The van der Waals surface area contributed by atoms with Crippen LogP contribution in [0.2, 0.25) is 4.34 Å². The van der Waals surface area contributed by atoms with Gasteiger partial charge in [-0.15, -0.1) is 11.3 Å². The molecule has 0 aliphatic heterocycles. The number of nitrogens with zero attached hydrogens (tertiary/aromatic N) is 3. The van der Waals surface area contributed by atoms with E-state index in [1.165, 1.54) is 25.4 Å². The molecule has 0 fully saturated rings. The van der Waals surface area contributed by atoms with Crippen molar-refractivity contribution in [3.63, 3.8) is 0 Å². The Balaban J connectivity index is 1.43. The number of thiophene rings is 1. The maximum absolute atomic E-state index is 13.0. The van der Waals surface area contributed by atoms with Gasteiger partial charge in [0.1, 0.15) is 9.96 Å². The van der Waals surface area contributed by atoms with E-state index in [4.69, 9.17) is 16.3 Å². The van der Waals surface area contributed by atoms with Crippen LogP contribution in [0.25, 0.3) is 10.9 Å². The lowest BCUT2D eigenvalue weighted by Crippen LogP contribution is -2.24. The Morgan fingerprint density at radius 3 is 2.70 bits per heavy atom. The first-order valence-corrected chi connectivity index (χ1v) is 13.7. The van der Waals surface area contributed by atoms with Gasteiger partial charge in [0, 0.05) is 18.9 Å². The van der Waals surface area contributed by atoms with Crippen molar-refractivity contribution in [2.45, 2.75) is 17.3 Å². The summed E-state index contributed by atoms with van der Waals surface area (Å²) in [5.41, 5.74) is 2.50. The van der Waals surface area contributed by atoms with Gasteiger partial charge in [-0.2, -0.15) is 5.10 Å². The number of carbonyl (C=O) groups excluding carboxylic acids is 1. The number of H-pyrrole nitrogens is 1. The van der Waals surface area contributed by atoms with E-state index >= 15 is 0 Å². The molecule has 0 aliphatic carbocycles. The van der Waals surface area contributed by atoms with Crippen LogP contribution >= 0.6 is 22.9 Å². The summed E-state index contributed by atoms with van der Waals surface area (Å²) in [5.74, 6) is 0.580. The van der Waals surface area contributed by atoms with Gasteiger partial charge in [-0.05, 0) is 35.4 Å². The van der Waals surface area contributed by atoms with Crippen molar-refractivity contribution in [2.75, 3.05) is 11.8 Å². The van der Waals surface area contributed by atoms with Crippen LogP contribution in [0.5, 0.6) is 5.75 Å². The Labute approximate surface area is 221 Å². The summed E-state index contributed by atoms with van der Waals surface area (Å²) in [4.78, 5) is 18.9. The zero-order chi connectivity index (χ0) is 26.0. The number of carbonyl (C=O) groups is 1. The molecule has 1 amide bonds. The molecule has 13 heteroatoms.